The lowest BCUT2D eigenvalue weighted by Crippen LogP contribution is -2.29. The smallest absolute Gasteiger partial charge is 0.152 e. The van der Waals surface area contributed by atoms with E-state index in [-0.39, 0.29) is 12.2 Å². The van der Waals surface area contributed by atoms with Crippen LogP contribution in [0.1, 0.15) is 12.1 Å². The first-order valence-corrected chi connectivity index (χ1v) is 8.70. The van der Waals surface area contributed by atoms with Crippen LogP contribution in [-0.2, 0) is 18.3 Å². The summed E-state index contributed by atoms with van der Waals surface area (Å²) in [4.78, 5) is 18.5. The molecule has 1 saturated heterocycles. The van der Waals surface area contributed by atoms with Crippen LogP contribution >= 0.6 is 0 Å². The monoisotopic (exact) mass is 353 g/mol. The SMILES string of the molecule is Cn1cc(-c2ccc3cnc(CC(=O)CN4CC[C@H](F)C4)cc3c2)nn1. The maximum atomic E-state index is 13.2. The third-order valence-electron chi connectivity index (χ3n) is 4.67. The third-order valence-corrected chi connectivity index (χ3v) is 4.67. The highest BCUT2D eigenvalue weighted by atomic mass is 19.1. The number of halogens is 1. The molecule has 0 aliphatic carbocycles. The highest BCUT2D eigenvalue weighted by Gasteiger charge is 2.23. The predicted octanol–water partition coefficient (Wildman–Crippen LogP) is 2.19. The summed E-state index contributed by atoms with van der Waals surface area (Å²) in [5.74, 6) is 0.0658. The molecule has 0 radical (unpaired) electrons. The number of nitrogens with zero attached hydrogens (tertiary/aromatic N) is 5. The average molecular weight is 353 g/mol. The number of fused-ring (bicyclic) bond motifs is 1. The van der Waals surface area contributed by atoms with Crippen molar-refractivity contribution in [1.82, 2.24) is 24.9 Å². The molecule has 1 fully saturated rings. The van der Waals surface area contributed by atoms with Gasteiger partial charge in [-0.2, -0.15) is 0 Å². The van der Waals surface area contributed by atoms with Gasteiger partial charge in [0, 0.05) is 43.0 Å². The maximum absolute atomic E-state index is 13.2. The molecule has 0 saturated carbocycles. The number of benzene rings is 1. The predicted molar refractivity (Wildman–Crippen MR) is 96.4 cm³/mol. The summed E-state index contributed by atoms with van der Waals surface area (Å²) in [5.41, 5.74) is 2.51. The minimum absolute atomic E-state index is 0.0658. The largest absolute Gasteiger partial charge is 0.298 e. The zero-order valence-electron chi connectivity index (χ0n) is 14.6. The first-order chi connectivity index (χ1) is 12.6. The molecular formula is C19H20FN5O. The standard InChI is InChI=1S/C19H20FN5O/c1-24-12-19(22-23-24)13-2-3-14-9-21-17(7-15(14)6-13)8-18(26)11-25-5-4-16(20)10-25/h2-3,6-7,9,12,16H,4-5,8,10-11H2,1H3/t16-/m0/s1. The number of aromatic nitrogens is 4. The van der Waals surface area contributed by atoms with Crippen molar-refractivity contribution in [3.63, 3.8) is 0 Å². The van der Waals surface area contributed by atoms with Crippen LogP contribution in [0.5, 0.6) is 0 Å². The zero-order chi connectivity index (χ0) is 18.1. The highest BCUT2D eigenvalue weighted by molar-refractivity contribution is 5.88. The molecule has 134 valence electrons. The van der Waals surface area contributed by atoms with Gasteiger partial charge in [-0.1, -0.05) is 17.3 Å². The van der Waals surface area contributed by atoms with E-state index in [0.29, 0.717) is 26.1 Å². The molecule has 2 aromatic heterocycles. The van der Waals surface area contributed by atoms with Crippen LogP contribution in [0.2, 0.25) is 0 Å². The van der Waals surface area contributed by atoms with Gasteiger partial charge in [-0.15, -0.1) is 5.10 Å². The molecule has 0 spiro atoms. The molecule has 6 nitrogen and oxygen atoms in total. The van der Waals surface area contributed by atoms with E-state index in [4.69, 9.17) is 0 Å². The summed E-state index contributed by atoms with van der Waals surface area (Å²) in [7, 11) is 1.83. The average Bonchev–Trinajstić information content (AvgIpc) is 3.22. The van der Waals surface area contributed by atoms with E-state index < -0.39 is 6.17 Å². The van der Waals surface area contributed by atoms with Crippen LogP contribution in [0.4, 0.5) is 4.39 Å². The summed E-state index contributed by atoms with van der Waals surface area (Å²) in [5, 5.41) is 10.1. The number of hydrogen-bond donors (Lipinski definition) is 0. The minimum atomic E-state index is -0.805. The molecule has 1 aliphatic heterocycles. The third kappa shape index (κ3) is 3.62. The second-order valence-corrected chi connectivity index (χ2v) is 6.85. The Morgan fingerprint density at radius 1 is 1.31 bits per heavy atom. The van der Waals surface area contributed by atoms with Gasteiger partial charge in [0.2, 0.25) is 0 Å². The van der Waals surface area contributed by atoms with Crippen molar-refractivity contribution in [3.8, 4) is 11.3 Å². The summed E-state index contributed by atoms with van der Waals surface area (Å²) in [6, 6.07) is 7.95. The van der Waals surface area contributed by atoms with Crippen LogP contribution in [0, 0.1) is 0 Å². The summed E-state index contributed by atoms with van der Waals surface area (Å²) < 4.78 is 14.9. The number of carbonyl (C=O) groups excluding carboxylic acids is 1. The summed E-state index contributed by atoms with van der Waals surface area (Å²) in [6.07, 6.45) is 3.62. The van der Waals surface area contributed by atoms with Gasteiger partial charge < -0.3 is 0 Å². The number of alkyl halides is 1. The Morgan fingerprint density at radius 2 is 2.19 bits per heavy atom. The van der Waals surface area contributed by atoms with E-state index in [1.807, 2.05) is 42.4 Å². The van der Waals surface area contributed by atoms with Crippen molar-refractivity contribution in [1.29, 1.82) is 0 Å². The van der Waals surface area contributed by atoms with Crippen LogP contribution in [0.25, 0.3) is 22.0 Å². The van der Waals surface area contributed by atoms with Gasteiger partial charge in [-0.05, 0) is 23.9 Å². The number of hydrogen-bond acceptors (Lipinski definition) is 5. The minimum Gasteiger partial charge on any atom is -0.298 e. The Morgan fingerprint density at radius 3 is 2.92 bits per heavy atom. The maximum Gasteiger partial charge on any atom is 0.152 e. The van der Waals surface area contributed by atoms with E-state index in [2.05, 4.69) is 15.3 Å². The van der Waals surface area contributed by atoms with Gasteiger partial charge in [0.1, 0.15) is 11.9 Å². The van der Waals surface area contributed by atoms with Crippen LogP contribution < -0.4 is 0 Å². The zero-order valence-corrected chi connectivity index (χ0v) is 14.6. The number of likely N-dealkylation sites (tertiary alicyclic amines) is 1. The Labute approximate surface area is 150 Å². The van der Waals surface area contributed by atoms with Crippen molar-refractivity contribution < 1.29 is 9.18 Å². The molecule has 3 aromatic rings. The quantitative estimate of drug-likeness (QED) is 0.703. The molecule has 3 heterocycles. The first-order valence-electron chi connectivity index (χ1n) is 8.70. The Hall–Kier alpha value is -2.67. The van der Waals surface area contributed by atoms with Crippen LogP contribution in [0.15, 0.2) is 36.7 Å². The molecule has 26 heavy (non-hydrogen) atoms. The van der Waals surface area contributed by atoms with E-state index in [9.17, 15) is 9.18 Å². The van der Waals surface area contributed by atoms with Gasteiger partial charge >= 0.3 is 0 Å². The fourth-order valence-electron chi connectivity index (χ4n) is 3.36. The van der Waals surface area contributed by atoms with Gasteiger partial charge in [0.15, 0.2) is 5.78 Å². The van der Waals surface area contributed by atoms with Crippen molar-refractivity contribution in [3.05, 3.63) is 42.4 Å². The fraction of sp³-hybridized carbons (Fsp3) is 0.368. The van der Waals surface area contributed by atoms with Gasteiger partial charge in [0.25, 0.3) is 0 Å². The molecule has 0 amide bonds. The molecule has 4 rings (SSSR count). The lowest BCUT2D eigenvalue weighted by molar-refractivity contribution is -0.119. The van der Waals surface area contributed by atoms with Crippen molar-refractivity contribution in [2.75, 3.05) is 19.6 Å². The summed E-state index contributed by atoms with van der Waals surface area (Å²) in [6.45, 7) is 1.30. The molecule has 7 heteroatoms. The number of pyridine rings is 1. The van der Waals surface area contributed by atoms with Crippen LogP contribution in [-0.4, -0.2) is 56.5 Å². The van der Waals surface area contributed by atoms with Gasteiger partial charge in [-0.25, -0.2) is 4.39 Å². The lowest BCUT2D eigenvalue weighted by atomic mass is 10.0. The molecule has 0 unspecified atom stereocenters. The molecule has 1 atom stereocenters. The van der Waals surface area contributed by atoms with E-state index >= 15 is 0 Å². The number of aryl methyl sites for hydroxylation is 1. The fourth-order valence-corrected chi connectivity index (χ4v) is 3.36. The first kappa shape index (κ1) is 16.8. The van der Waals surface area contributed by atoms with Gasteiger partial charge in [-0.3, -0.25) is 19.4 Å². The van der Waals surface area contributed by atoms with E-state index in [0.717, 1.165) is 27.7 Å². The summed E-state index contributed by atoms with van der Waals surface area (Å²) >= 11 is 0. The van der Waals surface area contributed by atoms with E-state index in [1.165, 1.54) is 0 Å². The molecule has 1 aromatic carbocycles. The Balaban J connectivity index is 1.51. The number of Topliss-reactive ketones (excluding diaryl/α,β-unsaturated/α-hetero) is 1. The normalized spacial score (nSPS) is 17.8. The molecule has 0 N–H and O–H groups in total. The number of rotatable bonds is 5. The van der Waals surface area contributed by atoms with Crippen molar-refractivity contribution >= 4 is 16.6 Å². The van der Waals surface area contributed by atoms with Crippen LogP contribution in [0.3, 0.4) is 0 Å². The topological polar surface area (TPSA) is 63.9 Å². The second kappa shape index (κ2) is 6.92. The molecular weight excluding hydrogens is 333 g/mol. The van der Waals surface area contributed by atoms with Crippen molar-refractivity contribution in [2.24, 2.45) is 7.05 Å². The number of carbonyl (C=O) groups is 1. The Bertz CT molecular complexity index is 954. The van der Waals surface area contributed by atoms with Crippen molar-refractivity contribution in [2.45, 2.75) is 19.0 Å². The molecule has 0 bridgehead atoms. The highest BCUT2D eigenvalue weighted by Crippen LogP contribution is 2.23. The molecule has 1 aliphatic rings. The second-order valence-electron chi connectivity index (χ2n) is 6.85. The van der Waals surface area contributed by atoms with Gasteiger partial charge in [0.05, 0.1) is 19.2 Å². The van der Waals surface area contributed by atoms with E-state index in [1.54, 1.807) is 10.9 Å². The lowest BCUT2D eigenvalue weighted by Gasteiger charge is -2.13. The Kier molecular flexibility index (Phi) is 4.46. The number of ketones is 1.